The van der Waals surface area contributed by atoms with Crippen LogP contribution in [0.15, 0.2) is 34.5 Å². The summed E-state index contributed by atoms with van der Waals surface area (Å²) in [6.45, 7) is 4.09. The van der Waals surface area contributed by atoms with Crippen LogP contribution in [0.3, 0.4) is 0 Å². The Morgan fingerprint density at radius 1 is 1.13 bits per heavy atom. The number of nitrogens with one attached hydrogen (secondary N) is 1. The topological polar surface area (TPSA) is 81.5 Å². The van der Waals surface area contributed by atoms with E-state index in [1.165, 1.54) is 11.0 Å². The molecule has 3 heterocycles. The fraction of sp³-hybridized carbons (Fsp3) is 0.318. The lowest BCUT2D eigenvalue weighted by atomic mass is 10.0. The van der Waals surface area contributed by atoms with Gasteiger partial charge in [0, 0.05) is 21.2 Å². The number of halogens is 1. The summed E-state index contributed by atoms with van der Waals surface area (Å²) in [6.07, 6.45) is 1.67. The second-order valence-corrected chi connectivity index (χ2v) is 8.41. The van der Waals surface area contributed by atoms with Crippen molar-refractivity contribution in [2.45, 2.75) is 13.2 Å². The molecule has 5 rings (SSSR count). The smallest absolute Gasteiger partial charge is 0.231 e. The Bertz CT molecular complexity index is 1040. The Kier molecular flexibility index (Phi) is 5.24. The van der Waals surface area contributed by atoms with Crippen molar-refractivity contribution in [1.29, 1.82) is 0 Å². The quantitative estimate of drug-likeness (QED) is 0.679. The van der Waals surface area contributed by atoms with Gasteiger partial charge in [-0.05, 0) is 24.3 Å². The number of carbonyl (C=O) groups excluding carboxylic acids is 1. The molecule has 0 saturated carbocycles. The van der Waals surface area contributed by atoms with E-state index in [9.17, 15) is 9.90 Å². The lowest BCUT2D eigenvalue weighted by Gasteiger charge is -2.26. The fourth-order valence-electron chi connectivity index (χ4n) is 4.00. The summed E-state index contributed by atoms with van der Waals surface area (Å²) in [7, 11) is 0. The number of fused-ring (bicyclic) bond motifs is 2. The lowest BCUT2D eigenvalue weighted by molar-refractivity contribution is -0.921. The molecule has 7 nitrogen and oxygen atoms in total. The van der Waals surface area contributed by atoms with E-state index in [1.54, 1.807) is 12.1 Å². The molecule has 0 bridgehead atoms. The van der Waals surface area contributed by atoms with Gasteiger partial charge in [-0.2, -0.15) is 0 Å². The molecule has 0 spiro atoms. The van der Waals surface area contributed by atoms with Crippen molar-refractivity contribution >= 4 is 27.8 Å². The summed E-state index contributed by atoms with van der Waals surface area (Å²) < 4.78 is 23.2. The van der Waals surface area contributed by atoms with Crippen LogP contribution < -0.4 is 19.5 Å². The first-order valence-corrected chi connectivity index (χ1v) is 10.6. The Balaban J connectivity index is 1.50. The number of hydrogen-bond donors (Lipinski definition) is 1. The third kappa shape index (κ3) is 3.60. The number of ether oxygens (including phenoxy) is 4. The minimum absolute atomic E-state index is 0.109. The SMILES string of the molecule is O=C1/C(=C/c2cc(Br)cc3c2OCOC3)Oc2c1ccc([O-])c2C[NH+]1CCOCC1. The van der Waals surface area contributed by atoms with Gasteiger partial charge in [0.05, 0.1) is 25.4 Å². The van der Waals surface area contributed by atoms with Crippen molar-refractivity contribution in [2.75, 3.05) is 33.1 Å². The third-order valence-corrected chi connectivity index (χ3v) is 5.97. The number of rotatable bonds is 3. The zero-order valence-corrected chi connectivity index (χ0v) is 17.7. The summed E-state index contributed by atoms with van der Waals surface area (Å²) in [5.41, 5.74) is 2.59. The van der Waals surface area contributed by atoms with Crippen molar-refractivity contribution in [3.63, 3.8) is 0 Å². The number of morpholine rings is 1. The maximum Gasteiger partial charge on any atom is 0.231 e. The first kappa shape index (κ1) is 19.6. The molecule has 0 unspecified atom stereocenters. The predicted molar refractivity (Wildman–Crippen MR) is 108 cm³/mol. The Morgan fingerprint density at radius 2 is 1.97 bits per heavy atom. The van der Waals surface area contributed by atoms with Gasteiger partial charge in [-0.1, -0.05) is 27.7 Å². The van der Waals surface area contributed by atoms with E-state index in [1.807, 2.05) is 12.1 Å². The Hall–Kier alpha value is -2.39. The number of Topliss-reactive ketones (excluding diaryl/α,β-unsaturated/α-hetero) is 1. The summed E-state index contributed by atoms with van der Waals surface area (Å²) >= 11 is 3.49. The number of allylic oxidation sites excluding steroid dienone is 1. The van der Waals surface area contributed by atoms with Crippen LogP contribution in [-0.4, -0.2) is 38.9 Å². The molecule has 0 aromatic heterocycles. The molecule has 0 amide bonds. The Labute approximate surface area is 181 Å². The van der Waals surface area contributed by atoms with Crippen molar-refractivity contribution in [3.8, 4) is 17.2 Å². The first-order chi connectivity index (χ1) is 14.6. The average Bonchev–Trinajstić information content (AvgIpc) is 3.06. The molecular formula is C22H20BrNO6. The lowest BCUT2D eigenvalue weighted by Crippen LogP contribution is -3.12. The molecule has 8 heteroatoms. The highest BCUT2D eigenvalue weighted by Crippen LogP contribution is 2.40. The van der Waals surface area contributed by atoms with Crippen LogP contribution in [-0.2, 0) is 22.6 Å². The second kappa shape index (κ2) is 8.03. The summed E-state index contributed by atoms with van der Waals surface area (Å²) in [5.74, 6) is 0.896. The number of hydrogen-bond acceptors (Lipinski definition) is 6. The molecule has 2 aromatic rings. The molecule has 1 saturated heterocycles. The van der Waals surface area contributed by atoms with Crippen LogP contribution in [0.25, 0.3) is 6.08 Å². The number of ketones is 1. The maximum atomic E-state index is 13.0. The van der Waals surface area contributed by atoms with Gasteiger partial charge in [-0.25, -0.2) is 0 Å². The molecule has 3 aliphatic heterocycles. The maximum absolute atomic E-state index is 13.0. The van der Waals surface area contributed by atoms with Gasteiger partial charge in [-0.3, -0.25) is 4.79 Å². The summed E-state index contributed by atoms with van der Waals surface area (Å²) in [4.78, 5) is 14.3. The van der Waals surface area contributed by atoms with Crippen molar-refractivity contribution in [2.24, 2.45) is 0 Å². The van der Waals surface area contributed by atoms with Gasteiger partial charge in [0.2, 0.25) is 5.78 Å². The van der Waals surface area contributed by atoms with Crippen LogP contribution in [0, 0.1) is 0 Å². The van der Waals surface area contributed by atoms with Crippen LogP contribution in [0.4, 0.5) is 0 Å². The van der Waals surface area contributed by atoms with Gasteiger partial charge in [0.15, 0.2) is 12.6 Å². The monoisotopic (exact) mass is 473 g/mol. The summed E-state index contributed by atoms with van der Waals surface area (Å²) in [5, 5.41) is 12.6. The van der Waals surface area contributed by atoms with E-state index in [4.69, 9.17) is 18.9 Å². The largest absolute Gasteiger partial charge is 0.872 e. The fourth-order valence-corrected chi connectivity index (χ4v) is 4.52. The van der Waals surface area contributed by atoms with E-state index in [-0.39, 0.29) is 24.1 Å². The normalized spacial score (nSPS) is 19.9. The third-order valence-electron chi connectivity index (χ3n) is 5.51. The molecule has 1 N–H and O–H groups in total. The van der Waals surface area contributed by atoms with E-state index in [0.717, 1.165) is 28.7 Å². The number of carbonyl (C=O) groups is 1. The molecule has 0 radical (unpaired) electrons. The van der Waals surface area contributed by atoms with E-state index in [2.05, 4.69) is 15.9 Å². The van der Waals surface area contributed by atoms with Gasteiger partial charge in [0.25, 0.3) is 0 Å². The minimum Gasteiger partial charge on any atom is -0.872 e. The highest BCUT2D eigenvalue weighted by Gasteiger charge is 2.32. The zero-order chi connectivity index (χ0) is 20.7. The van der Waals surface area contributed by atoms with Crippen LogP contribution in [0.5, 0.6) is 17.2 Å². The van der Waals surface area contributed by atoms with Crippen LogP contribution in [0.2, 0.25) is 0 Å². The first-order valence-electron chi connectivity index (χ1n) is 9.81. The van der Waals surface area contributed by atoms with Crippen LogP contribution >= 0.6 is 15.9 Å². The molecule has 2 aromatic carbocycles. The highest BCUT2D eigenvalue weighted by atomic mass is 79.9. The van der Waals surface area contributed by atoms with Gasteiger partial charge in [0.1, 0.15) is 31.1 Å². The molecular weight excluding hydrogens is 454 g/mol. The molecule has 0 aliphatic carbocycles. The van der Waals surface area contributed by atoms with E-state index >= 15 is 0 Å². The average molecular weight is 474 g/mol. The molecule has 3 aliphatic rings. The minimum atomic E-state index is -0.232. The molecule has 156 valence electrons. The van der Waals surface area contributed by atoms with Crippen LogP contribution in [0.1, 0.15) is 27.0 Å². The number of quaternary nitrogens is 1. The van der Waals surface area contributed by atoms with Crippen molar-refractivity contribution < 1.29 is 33.7 Å². The van der Waals surface area contributed by atoms with Gasteiger partial charge in [-0.15, -0.1) is 0 Å². The van der Waals surface area contributed by atoms with Gasteiger partial charge >= 0.3 is 0 Å². The molecule has 30 heavy (non-hydrogen) atoms. The predicted octanol–water partition coefficient (Wildman–Crippen LogP) is 1.42. The van der Waals surface area contributed by atoms with E-state index < -0.39 is 0 Å². The second-order valence-electron chi connectivity index (χ2n) is 7.49. The molecule has 1 fully saturated rings. The standard InChI is InChI=1S/C22H20BrNO6/c23-15-7-13(21-14(8-15)11-28-12-29-21)9-19-20(26)16-1-2-18(25)17(22(16)30-19)10-24-3-5-27-6-4-24/h1-2,7-9,25H,3-6,10-12H2/b19-9-. The van der Waals surface area contributed by atoms with Crippen molar-refractivity contribution in [3.05, 3.63) is 56.8 Å². The highest BCUT2D eigenvalue weighted by molar-refractivity contribution is 9.10. The summed E-state index contributed by atoms with van der Waals surface area (Å²) in [6, 6.07) is 6.81. The number of benzene rings is 2. The zero-order valence-electron chi connectivity index (χ0n) is 16.2. The van der Waals surface area contributed by atoms with Crippen molar-refractivity contribution in [1.82, 2.24) is 0 Å². The van der Waals surface area contributed by atoms with Gasteiger partial charge < -0.3 is 29.0 Å². The molecule has 0 atom stereocenters. The van der Waals surface area contributed by atoms with E-state index in [0.29, 0.717) is 49.0 Å². The Morgan fingerprint density at radius 3 is 2.80 bits per heavy atom.